The summed E-state index contributed by atoms with van der Waals surface area (Å²) in [5.74, 6) is 1.16. The average molecular weight is 474 g/mol. The second-order valence-electron chi connectivity index (χ2n) is 9.96. The highest BCUT2D eigenvalue weighted by Crippen LogP contribution is 2.39. The molecule has 0 amide bonds. The number of imidazole rings is 1. The number of benzene rings is 4. The minimum absolute atomic E-state index is 0.939. The summed E-state index contributed by atoms with van der Waals surface area (Å²) >= 11 is 0. The molecule has 0 aliphatic heterocycles. The zero-order valence-corrected chi connectivity index (χ0v) is 21.6. The van der Waals surface area contributed by atoms with Crippen LogP contribution in [0.25, 0.3) is 49.8 Å². The number of fused-ring (bicyclic) bond motifs is 4. The molecule has 0 unspecified atom stereocenters. The summed E-state index contributed by atoms with van der Waals surface area (Å²) in [4.78, 5) is 0. The molecule has 0 fully saturated rings. The molecule has 0 N–H and O–H groups in total. The zero-order chi connectivity index (χ0) is 24.8. The third-order valence-corrected chi connectivity index (χ3v) is 7.42. The van der Waals surface area contributed by atoms with E-state index in [1.54, 1.807) is 0 Å². The van der Waals surface area contributed by atoms with Gasteiger partial charge in [-0.2, -0.15) is 4.57 Å². The predicted octanol–water partition coefficient (Wildman–Crippen LogP) is 8.23. The number of nitrogens with zero attached hydrogens (tertiary/aromatic N) is 2. The van der Waals surface area contributed by atoms with Gasteiger partial charge in [-0.3, -0.25) is 0 Å². The number of furan rings is 1. The van der Waals surface area contributed by atoms with Crippen molar-refractivity contribution in [2.24, 2.45) is 7.05 Å². The van der Waals surface area contributed by atoms with Crippen LogP contribution in [0.5, 0.6) is 0 Å². The van der Waals surface area contributed by atoms with Crippen molar-refractivity contribution in [3.63, 3.8) is 0 Å². The Morgan fingerprint density at radius 2 is 1.50 bits per heavy atom. The standard InChI is InChI=1S/C33H33N2O/c1-5-10-23-14-9-15-24(11-6-2)31(23)35-19-18-34(4)33(35)30-22(3)16-17-27-28-20-25-12-7-8-13-26(25)21-29(28)36-32(27)30/h7-9,12-21H,5-6,10-11H2,1-4H3/q+1. The van der Waals surface area contributed by atoms with E-state index in [0.717, 1.165) is 48.2 Å². The van der Waals surface area contributed by atoms with Gasteiger partial charge in [0, 0.05) is 10.8 Å². The van der Waals surface area contributed by atoms with E-state index in [0.29, 0.717) is 0 Å². The largest absolute Gasteiger partial charge is 0.455 e. The second-order valence-corrected chi connectivity index (χ2v) is 9.96. The Morgan fingerprint density at radius 1 is 0.806 bits per heavy atom. The van der Waals surface area contributed by atoms with E-state index in [2.05, 4.69) is 116 Å². The van der Waals surface area contributed by atoms with Gasteiger partial charge in [-0.1, -0.05) is 81.3 Å². The molecule has 0 bridgehead atoms. The van der Waals surface area contributed by atoms with Crippen molar-refractivity contribution in [2.45, 2.75) is 46.5 Å². The van der Waals surface area contributed by atoms with Gasteiger partial charge in [0.25, 0.3) is 5.82 Å². The predicted molar refractivity (Wildman–Crippen MR) is 150 cm³/mol. The minimum atomic E-state index is 0.939. The molecule has 2 heterocycles. The Hall–Kier alpha value is -3.85. The van der Waals surface area contributed by atoms with Crippen molar-refractivity contribution in [1.29, 1.82) is 0 Å². The van der Waals surface area contributed by atoms with Crippen LogP contribution in [0, 0.1) is 6.92 Å². The van der Waals surface area contributed by atoms with Crippen molar-refractivity contribution < 1.29 is 8.98 Å². The van der Waals surface area contributed by atoms with E-state index < -0.39 is 0 Å². The second kappa shape index (κ2) is 8.98. The first-order valence-corrected chi connectivity index (χ1v) is 13.1. The van der Waals surface area contributed by atoms with Gasteiger partial charge in [-0.25, -0.2) is 4.57 Å². The Balaban J connectivity index is 1.67. The van der Waals surface area contributed by atoms with E-state index in [1.807, 2.05) is 0 Å². The summed E-state index contributed by atoms with van der Waals surface area (Å²) in [5.41, 5.74) is 8.41. The first-order valence-electron chi connectivity index (χ1n) is 13.1. The summed E-state index contributed by atoms with van der Waals surface area (Å²) < 4.78 is 11.3. The van der Waals surface area contributed by atoms with E-state index >= 15 is 0 Å². The molecule has 4 aromatic carbocycles. The van der Waals surface area contributed by atoms with Crippen LogP contribution in [0.2, 0.25) is 0 Å². The monoisotopic (exact) mass is 473 g/mol. The highest BCUT2D eigenvalue weighted by molar-refractivity contribution is 6.13. The minimum Gasteiger partial charge on any atom is -0.455 e. The molecule has 0 saturated carbocycles. The van der Waals surface area contributed by atoms with E-state index in [4.69, 9.17) is 4.42 Å². The molecule has 0 atom stereocenters. The van der Waals surface area contributed by atoms with Crippen LogP contribution in [0.4, 0.5) is 0 Å². The highest BCUT2D eigenvalue weighted by Gasteiger charge is 2.28. The van der Waals surface area contributed by atoms with Crippen LogP contribution in [-0.4, -0.2) is 4.57 Å². The fourth-order valence-corrected chi connectivity index (χ4v) is 5.75. The Bertz CT molecular complexity index is 1710. The molecular weight excluding hydrogens is 440 g/mol. The molecule has 0 spiro atoms. The molecule has 180 valence electrons. The van der Waals surface area contributed by atoms with Crippen molar-refractivity contribution in [1.82, 2.24) is 4.57 Å². The normalized spacial score (nSPS) is 11.8. The number of hydrogen-bond acceptors (Lipinski definition) is 1. The van der Waals surface area contributed by atoms with Crippen LogP contribution >= 0.6 is 0 Å². The SMILES string of the molecule is CCCc1cccc(CCC)c1-n1cc[n+](C)c1-c1c(C)ccc2c1oc1cc3ccccc3cc12. The fraction of sp³-hybridized carbons (Fsp3) is 0.242. The van der Waals surface area contributed by atoms with E-state index in [1.165, 1.54) is 43.9 Å². The summed E-state index contributed by atoms with van der Waals surface area (Å²) in [6, 6.07) is 24.2. The fourth-order valence-electron chi connectivity index (χ4n) is 5.75. The first kappa shape index (κ1) is 22.6. The summed E-state index contributed by atoms with van der Waals surface area (Å²) in [6.07, 6.45) is 8.76. The van der Waals surface area contributed by atoms with Gasteiger partial charge < -0.3 is 4.42 Å². The van der Waals surface area contributed by atoms with Crippen LogP contribution in [-0.2, 0) is 19.9 Å². The Kier molecular flexibility index (Phi) is 5.64. The lowest BCUT2D eigenvalue weighted by Crippen LogP contribution is -2.29. The smallest absolute Gasteiger partial charge is 0.297 e. The Morgan fingerprint density at radius 3 is 2.19 bits per heavy atom. The molecule has 0 saturated heterocycles. The highest BCUT2D eigenvalue weighted by atomic mass is 16.3. The van der Waals surface area contributed by atoms with Crippen molar-refractivity contribution in [2.75, 3.05) is 0 Å². The number of para-hydroxylation sites is 1. The number of rotatable bonds is 6. The molecule has 3 heteroatoms. The molecular formula is C33H33N2O+. The van der Waals surface area contributed by atoms with Gasteiger partial charge >= 0.3 is 0 Å². The van der Waals surface area contributed by atoms with Crippen molar-refractivity contribution in [3.05, 3.63) is 95.8 Å². The van der Waals surface area contributed by atoms with Crippen LogP contribution in [0.1, 0.15) is 43.4 Å². The van der Waals surface area contributed by atoms with Gasteiger partial charge in [-0.15, -0.1) is 0 Å². The molecule has 2 aromatic heterocycles. The van der Waals surface area contributed by atoms with Gasteiger partial charge in [0.1, 0.15) is 29.2 Å². The summed E-state index contributed by atoms with van der Waals surface area (Å²) in [6.45, 7) is 6.72. The first-order chi connectivity index (χ1) is 17.6. The lowest BCUT2D eigenvalue weighted by Gasteiger charge is -2.14. The third kappa shape index (κ3) is 3.53. The zero-order valence-electron chi connectivity index (χ0n) is 21.6. The van der Waals surface area contributed by atoms with E-state index in [-0.39, 0.29) is 0 Å². The maximum Gasteiger partial charge on any atom is 0.297 e. The average Bonchev–Trinajstić information content (AvgIpc) is 3.43. The van der Waals surface area contributed by atoms with Crippen molar-refractivity contribution >= 4 is 32.7 Å². The number of aromatic nitrogens is 2. The lowest BCUT2D eigenvalue weighted by atomic mass is 9.98. The number of aryl methyl sites for hydroxylation is 4. The molecule has 6 rings (SSSR count). The van der Waals surface area contributed by atoms with Gasteiger partial charge in [0.05, 0.1) is 7.05 Å². The quantitative estimate of drug-likeness (QED) is 0.223. The summed E-state index contributed by atoms with van der Waals surface area (Å²) in [5, 5.41) is 4.78. The van der Waals surface area contributed by atoms with Crippen LogP contribution < -0.4 is 4.57 Å². The maximum atomic E-state index is 6.67. The third-order valence-electron chi connectivity index (χ3n) is 7.42. The molecule has 36 heavy (non-hydrogen) atoms. The van der Waals surface area contributed by atoms with Gasteiger partial charge in [0.2, 0.25) is 0 Å². The Labute approximate surface area is 212 Å². The molecule has 6 aromatic rings. The van der Waals surface area contributed by atoms with E-state index in [9.17, 15) is 0 Å². The maximum absolute atomic E-state index is 6.67. The number of hydrogen-bond donors (Lipinski definition) is 0. The topological polar surface area (TPSA) is 21.9 Å². The lowest BCUT2D eigenvalue weighted by molar-refractivity contribution is -0.659. The molecule has 0 radical (unpaired) electrons. The molecule has 0 aliphatic rings. The molecule has 0 aliphatic carbocycles. The molecule has 3 nitrogen and oxygen atoms in total. The van der Waals surface area contributed by atoms with Crippen LogP contribution in [0.3, 0.4) is 0 Å². The van der Waals surface area contributed by atoms with Crippen molar-refractivity contribution in [3.8, 4) is 17.1 Å². The van der Waals surface area contributed by atoms with Crippen LogP contribution in [0.15, 0.2) is 83.5 Å². The van der Waals surface area contributed by atoms with Gasteiger partial charge in [0.15, 0.2) is 5.58 Å². The summed E-state index contributed by atoms with van der Waals surface area (Å²) in [7, 11) is 2.14. The van der Waals surface area contributed by atoms with Gasteiger partial charge in [-0.05, 0) is 59.4 Å².